The molecular formula is C9H8B2. The number of hydrogen-bond donors (Lipinski definition) is 0. The highest BCUT2D eigenvalue weighted by molar-refractivity contribution is 6.38. The van der Waals surface area contributed by atoms with Crippen LogP contribution < -0.4 is 10.9 Å². The van der Waals surface area contributed by atoms with Crippen LogP contribution >= 0.6 is 0 Å². The highest BCUT2D eigenvalue weighted by atomic mass is 14.3. The minimum Gasteiger partial charge on any atom is -0.0972 e. The standard InChI is InChI=1S/C9H8B2/c10-7-3-4-8(6-1-2-6)9(11)5-7/h3-6H,1-2H2. The molecule has 1 saturated carbocycles. The Hall–Kier alpha value is -0.650. The molecule has 0 amide bonds. The molecule has 0 unspecified atom stereocenters. The van der Waals surface area contributed by atoms with Crippen LogP contribution in [0.2, 0.25) is 0 Å². The summed E-state index contributed by atoms with van der Waals surface area (Å²) in [4.78, 5) is 0. The van der Waals surface area contributed by atoms with Gasteiger partial charge in [0.25, 0.3) is 0 Å². The maximum absolute atomic E-state index is 5.78. The number of benzene rings is 1. The highest BCUT2D eigenvalue weighted by Crippen LogP contribution is 2.38. The van der Waals surface area contributed by atoms with Crippen molar-refractivity contribution in [2.45, 2.75) is 18.8 Å². The van der Waals surface area contributed by atoms with Crippen molar-refractivity contribution in [3.05, 3.63) is 23.8 Å². The zero-order valence-corrected chi connectivity index (χ0v) is 6.38. The van der Waals surface area contributed by atoms with E-state index in [9.17, 15) is 0 Å². The largest absolute Gasteiger partial charge is 0.114 e. The first kappa shape index (κ1) is 7.02. The van der Waals surface area contributed by atoms with Crippen molar-refractivity contribution in [2.75, 3.05) is 0 Å². The Morgan fingerprint density at radius 2 is 1.91 bits per heavy atom. The molecule has 0 bridgehead atoms. The summed E-state index contributed by atoms with van der Waals surface area (Å²) in [7, 11) is 11.4. The van der Waals surface area contributed by atoms with E-state index in [1.807, 2.05) is 18.2 Å². The van der Waals surface area contributed by atoms with E-state index in [0.717, 1.165) is 16.8 Å². The van der Waals surface area contributed by atoms with E-state index in [-0.39, 0.29) is 0 Å². The Morgan fingerprint density at radius 3 is 2.45 bits per heavy atom. The Morgan fingerprint density at radius 1 is 1.18 bits per heavy atom. The summed E-state index contributed by atoms with van der Waals surface area (Å²) in [5.41, 5.74) is 2.89. The van der Waals surface area contributed by atoms with Gasteiger partial charge in [-0.3, -0.25) is 0 Å². The summed E-state index contributed by atoms with van der Waals surface area (Å²) in [6.45, 7) is 0. The van der Waals surface area contributed by atoms with E-state index >= 15 is 0 Å². The molecule has 1 aromatic carbocycles. The van der Waals surface area contributed by atoms with E-state index in [4.69, 9.17) is 15.7 Å². The molecule has 0 heterocycles. The van der Waals surface area contributed by atoms with Gasteiger partial charge in [0.2, 0.25) is 0 Å². The summed E-state index contributed by atoms with van der Waals surface area (Å²) in [6, 6.07) is 5.81. The molecule has 0 aromatic heterocycles. The average Bonchev–Trinajstić information content (AvgIpc) is 2.70. The smallest absolute Gasteiger partial charge is 0.0972 e. The molecule has 0 nitrogen and oxygen atoms in total. The predicted octanol–water partition coefficient (Wildman–Crippen LogP) is 0.152. The van der Waals surface area contributed by atoms with Crippen molar-refractivity contribution >= 4 is 26.6 Å². The van der Waals surface area contributed by atoms with Crippen LogP contribution in [0.1, 0.15) is 24.3 Å². The minimum absolute atomic E-state index is 0.718. The normalized spacial score (nSPS) is 16.7. The second-order valence-corrected chi connectivity index (χ2v) is 3.16. The highest BCUT2D eigenvalue weighted by Gasteiger charge is 2.24. The number of hydrogen-bond acceptors (Lipinski definition) is 0. The van der Waals surface area contributed by atoms with Gasteiger partial charge < -0.3 is 0 Å². The van der Waals surface area contributed by atoms with Crippen LogP contribution in [0.4, 0.5) is 0 Å². The van der Waals surface area contributed by atoms with E-state index in [2.05, 4.69) is 0 Å². The fourth-order valence-electron chi connectivity index (χ4n) is 1.36. The summed E-state index contributed by atoms with van der Waals surface area (Å²) >= 11 is 0. The third-order valence-electron chi connectivity index (χ3n) is 2.13. The van der Waals surface area contributed by atoms with Crippen molar-refractivity contribution < 1.29 is 0 Å². The van der Waals surface area contributed by atoms with Gasteiger partial charge in [0.15, 0.2) is 0 Å². The van der Waals surface area contributed by atoms with Crippen LogP contribution in [0.5, 0.6) is 0 Å². The zero-order valence-electron chi connectivity index (χ0n) is 6.38. The molecule has 11 heavy (non-hydrogen) atoms. The summed E-state index contributed by atoms with van der Waals surface area (Å²) in [6.07, 6.45) is 2.57. The lowest BCUT2D eigenvalue weighted by Gasteiger charge is -2.04. The summed E-state index contributed by atoms with van der Waals surface area (Å²) in [5, 5.41) is 0. The van der Waals surface area contributed by atoms with Gasteiger partial charge in [0, 0.05) is 0 Å². The molecule has 50 valence electrons. The monoisotopic (exact) mass is 138 g/mol. The van der Waals surface area contributed by atoms with Crippen LogP contribution in [0, 0.1) is 0 Å². The van der Waals surface area contributed by atoms with E-state index in [1.165, 1.54) is 18.4 Å². The van der Waals surface area contributed by atoms with Gasteiger partial charge in [0.1, 0.15) is 15.7 Å². The van der Waals surface area contributed by atoms with Crippen LogP contribution in [-0.2, 0) is 0 Å². The summed E-state index contributed by atoms with van der Waals surface area (Å²) < 4.78 is 0. The fraction of sp³-hybridized carbons (Fsp3) is 0.333. The third-order valence-corrected chi connectivity index (χ3v) is 2.13. The van der Waals surface area contributed by atoms with Crippen molar-refractivity contribution in [3.63, 3.8) is 0 Å². The molecule has 1 aliphatic carbocycles. The molecule has 4 radical (unpaired) electrons. The van der Waals surface area contributed by atoms with E-state index in [1.54, 1.807) is 0 Å². The maximum Gasteiger partial charge on any atom is 0.114 e. The first-order valence-corrected chi connectivity index (χ1v) is 3.92. The summed E-state index contributed by atoms with van der Waals surface area (Å²) in [5.74, 6) is 0.718. The van der Waals surface area contributed by atoms with Crippen molar-refractivity contribution in [2.24, 2.45) is 0 Å². The van der Waals surface area contributed by atoms with Gasteiger partial charge >= 0.3 is 0 Å². The SMILES string of the molecule is [B]c1ccc(C2CC2)c([B])c1. The molecule has 0 spiro atoms. The average molecular weight is 138 g/mol. The van der Waals surface area contributed by atoms with Crippen molar-refractivity contribution in [1.29, 1.82) is 0 Å². The Balaban J connectivity index is 2.39. The zero-order chi connectivity index (χ0) is 7.84. The number of rotatable bonds is 1. The van der Waals surface area contributed by atoms with Crippen LogP contribution in [0.15, 0.2) is 18.2 Å². The molecule has 1 fully saturated rings. The second kappa shape index (κ2) is 2.44. The quantitative estimate of drug-likeness (QED) is 0.484. The molecule has 0 atom stereocenters. The van der Waals surface area contributed by atoms with Gasteiger partial charge in [-0.05, 0) is 18.8 Å². The van der Waals surface area contributed by atoms with Crippen LogP contribution in [-0.4, -0.2) is 15.7 Å². The molecule has 2 heteroatoms. The van der Waals surface area contributed by atoms with Crippen molar-refractivity contribution in [3.8, 4) is 0 Å². The molecule has 1 aliphatic rings. The molecule has 0 aliphatic heterocycles. The lowest BCUT2D eigenvalue weighted by molar-refractivity contribution is 1.15. The third kappa shape index (κ3) is 1.35. The first-order valence-electron chi connectivity index (χ1n) is 3.92. The van der Waals surface area contributed by atoms with E-state index < -0.39 is 0 Å². The molecule has 2 rings (SSSR count). The second-order valence-electron chi connectivity index (χ2n) is 3.16. The minimum atomic E-state index is 0.718. The Labute approximate surface area is 69.8 Å². The van der Waals surface area contributed by atoms with Gasteiger partial charge in [0.05, 0.1) is 0 Å². The van der Waals surface area contributed by atoms with E-state index in [0.29, 0.717) is 0 Å². The lowest BCUT2D eigenvalue weighted by atomic mass is 9.83. The van der Waals surface area contributed by atoms with Crippen molar-refractivity contribution in [1.82, 2.24) is 0 Å². The Kier molecular flexibility index (Phi) is 1.56. The Bertz CT molecular complexity index is 277. The molecule has 0 N–H and O–H groups in total. The van der Waals surface area contributed by atoms with Gasteiger partial charge in [-0.1, -0.05) is 34.7 Å². The topological polar surface area (TPSA) is 0 Å². The van der Waals surface area contributed by atoms with Gasteiger partial charge in [-0.2, -0.15) is 0 Å². The first-order chi connectivity index (χ1) is 5.27. The van der Waals surface area contributed by atoms with Gasteiger partial charge in [-0.25, -0.2) is 0 Å². The maximum atomic E-state index is 5.78. The van der Waals surface area contributed by atoms with Crippen LogP contribution in [0.3, 0.4) is 0 Å². The lowest BCUT2D eigenvalue weighted by Crippen LogP contribution is -2.16. The van der Waals surface area contributed by atoms with Crippen LogP contribution in [0.25, 0.3) is 0 Å². The van der Waals surface area contributed by atoms with Gasteiger partial charge in [-0.15, -0.1) is 0 Å². The predicted molar refractivity (Wildman–Crippen MR) is 49.2 cm³/mol. The molecular weight excluding hydrogens is 130 g/mol. The molecule has 1 aromatic rings. The molecule has 0 saturated heterocycles. The fourth-order valence-corrected chi connectivity index (χ4v) is 1.36.